The fourth-order valence-corrected chi connectivity index (χ4v) is 21.2. The van der Waals surface area contributed by atoms with E-state index in [9.17, 15) is 95.1 Å². The van der Waals surface area contributed by atoms with Crippen molar-refractivity contribution < 1.29 is 147 Å². The topological polar surface area (TPSA) is 414 Å². The molecule has 8 rings (SSSR count). The molecule has 30 atom stereocenters. The number of amides is 2. The van der Waals surface area contributed by atoms with Gasteiger partial charge < -0.3 is 82.7 Å². The number of hydrogen-bond acceptors (Lipinski definition) is 28. The molecule has 8 unspecified atom stereocenters. The third kappa shape index (κ3) is 32.0. The van der Waals surface area contributed by atoms with Gasteiger partial charge in [0.15, 0.2) is 11.6 Å². The quantitative estimate of drug-likeness (QED) is 0.0354. The van der Waals surface area contributed by atoms with Crippen molar-refractivity contribution in [2.45, 2.75) is 366 Å². The molecule has 0 aromatic heterocycles. The zero-order chi connectivity index (χ0) is 102. The van der Waals surface area contributed by atoms with Crippen LogP contribution in [0.25, 0.3) is 0 Å². The van der Waals surface area contributed by atoms with Gasteiger partial charge in [-0.1, -0.05) is 142 Å². The first-order chi connectivity index (χ1) is 64.4. The molecule has 774 valence electrons. The molecular formula is C103H157F3N2O28S. The molecule has 0 aromatic carbocycles. The van der Waals surface area contributed by atoms with Crippen molar-refractivity contribution in [3.8, 4) is 0 Å². The van der Waals surface area contributed by atoms with Crippen LogP contribution < -0.4 is 0 Å². The summed E-state index contributed by atoms with van der Waals surface area (Å²) < 4.78 is 126. The van der Waals surface area contributed by atoms with Gasteiger partial charge in [-0.05, 0) is 214 Å². The minimum atomic E-state index is -5.91. The van der Waals surface area contributed by atoms with Gasteiger partial charge in [0.05, 0.1) is 42.7 Å². The Bertz CT molecular complexity index is 4430. The molecule has 2 saturated carbocycles. The smallest absolute Gasteiger partial charge is 0.460 e. The number of nitrogens with zero attached hydrogens (tertiary/aromatic N) is 2. The lowest BCUT2D eigenvalue weighted by molar-refractivity contribution is -0.265. The summed E-state index contributed by atoms with van der Waals surface area (Å²) in [7, 11) is 2.69. The number of ether oxygens (including phenoxy) is 10. The summed E-state index contributed by atoms with van der Waals surface area (Å²) in [4.78, 5) is 144. The first-order valence-corrected chi connectivity index (χ1v) is 50.5. The molecule has 0 aromatic rings. The molecule has 4 saturated heterocycles. The standard InChI is InChI=1S/C52H78F3NO15S.C51H79NO13/c1-30-16-12-11-13-17-31(2)42(66-8)28-38-21-19-36(7)51(63,70-38)48(60)49(61)56-23-15-14-18-39(56)50(62)69-43(29-40(57)32(3)25-35(6)46(59)47(68-10)45(58)34(5)24-30)33(4)26-37-20-22-41(44(27-37)67-9)71-72(64,65)52(53,54)55;1-30-16-12-11-13-17-31(2)42(61-8)28-38-21-19-36(7)51(60,65-38)48(57)49(58)52-23-15-14-18-39(52)50(59)64-43(33(4)26-37-20-22-40(53)44(27-37)62-9)29-41(54)32(3)25-35(6)46(56)47(63-10)45(55)34(5)24-30/h11-13,16-17,25,30,32-34,36-39,41-44,46-47,59,63H,14-15,18-24,26-29H2,1-10H3;11-13,16-17,25,30,32-34,36-40,42-44,46-47,53,56,60H,14-15,18-24,26-29H2,1-10H3/b2*13-11+,16-12+,31-17+,35-25+/t30-,32-,33+,34-,36-,37?,38+,39+,41?,42+,43+,44?,46?,47+,51-;30-,32-,33+,34-,36-,37?,38+,39+,40?,42+,43+,44?,46?,47+,51-/m11/s1. The number of rotatable bonds is 14. The van der Waals surface area contributed by atoms with E-state index < -0.39 is 201 Å². The van der Waals surface area contributed by atoms with Crippen LogP contribution in [0.3, 0.4) is 0 Å². The van der Waals surface area contributed by atoms with E-state index in [1.165, 1.54) is 39.4 Å². The van der Waals surface area contributed by atoms with Gasteiger partial charge in [0.2, 0.25) is 11.6 Å². The van der Waals surface area contributed by atoms with Gasteiger partial charge in [0.1, 0.15) is 66.4 Å². The molecule has 6 fully saturated rings. The Morgan fingerprint density at radius 2 is 0.847 bits per heavy atom. The minimum Gasteiger partial charge on any atom is -0.460 e. The van der Waals surface area contributed by atoms with Gasteiger partial charge >= 0.3 is 27.6 Å². The Morgan fingerprint density at radius 3 is 1.22 bits per heavy atom. The van der Waals surface area contributed by atoms with Crippen LogP contribution in [0.5, 0.6) is 0 Å². The molecule has 30 nitrogen and oxygen atoms in total. The Morgan fingerprint density at radius 1 is 0.460 bits per heavy atom. The zero-order valence-corrected chi connectivity index (χ0v) is 84.9. The molecule has 5 N–H and O–H groups in total. The number of alkyl halides is 3. The first kappa shape index (κ1) is 117. The maximum atomic E-state index is 14.4. The van der Waals surface area contributed by atoms with E-state index in [-0.39, 0.29) is 129 Å². The van der Waals surface area contributed by atoms with E-state index >= 15 is 0 Å². The number of cyclic esters (lactones) is 2. The summed E-state index contributed by atoms with van der Waals surface area (Å²) in [5, 5.41) is 57.2. The van der Waals surface area contributed by atoms with Gasteiger partial charge in [0, 0.05) is 117 Å². The number of esters is 2. The van der Waals surface area contributed by atoms with Crippen molar-refractivity contribution in [3.63, 3.8) is 0 Å². The van der Waals surface area contributed by atoms with Crippen LogP contribution in [0.15, 0.2) is 95.2 Å². The van der Waals surface area contributed by atoms with E-state index in [0.717, 1.165) is 22.5 Å². The monoisotopic (exact) mass is 1960 g/mol. The van der Waals surface area contributed by atoms with E-state index in [0.29, 0.717) is 95.5 Å². The molecular weight excluding hydrogens is 1800 g/mol. The number of piperidine rings is 2. The molecule has 8 aliphatic rings. The van der Waals surface area contributed by atoms with Crippen LogP contribution in [-0.4, -0.2) is 273 Å². The zero-order valence-electron chi connectivity index (χ0n) is 84.0. The van der Waals surface area contributed by atoms with Gasteiger partial charge in [-0.25, -0.2) is 9.59 Å². The molecule has 6 heterocycles. The highest BCUT2D eigenvalue weighted by atomic mass is 32.2. The summed E-state index contributed by atoms with van der Waals surface area (Å²) in [5.41, 5.74) is -3.25. The van der Waals surface area contributed by atoms with Gasteiger partial charge in [-0.15, -0.1) is 0 Å². The molecule has 0 radical (unpaired) electrons. The van der Waals surface area contributed by atoms with Crippen molar-refractivity contribution in [1.29, 1.82) is 0 Å². The summed E-state index contributed by atoms with van der Waals surface area (Å²) >= 11 is 0. The second kappa shape index (κ2) is 53.9. The Hall–Kier alpha value is -7.00. The second-order valence-corrected chi connectivity index (χ2v) is 41.7. The average molecular weight is 1960 g/mol. The van der Waals surface area contributed by atoms with Crippen molar-refractivity contribution in [2.24, 2.45) is 71.0 Å². The fraction of sp³-hybridized carbons (Fsp3) is 0.748. The fourth-order valence-electron chi connectivity index (χ4n) is 20.5. The number of allylic oxidation sites excluding steroid dienone is 12. The molecule has 4 bridgehead atoms. The third-order valence-electron chi connectivity index (χ3n) is 29.5. The van der Waals surface area contributed by atoms with Crippen LogP contribution in [0.4, 0.5) is 13.2 Å². The van der Waals surface area contributed by atoms with Gasteiger partial charge in [0.25, 0.3) is 23.4 Å². The summed E-state index contributed by atoms with van der Waals surface area (Å²) in [6.07, 6.45) is 17.2. The number of ketones is 6. The number of carbonyl (C=O) groups is 10. The van der Waals surface area contributed by atoms with E-state index in [2.05, 4.69) is 4.18 Å². The van der Waals surface area contributed by atoms with Crippen LogP contribution in [0, 0.1) is 71.0 Å². The molecule has 0 spiro atoms. The lowest BCUT2D eigenvalue weighted by atomic mass is 9.78. The predicted octanol–water partition coefficient (Wildman–Crippen LogP) is 13.2. The van der Waals surface area contributed by atoms with Crippen molar-refractivity contribution >= 4 is 68.6 Å². The number of methoxy groups -OCH3 is 6. The number of Topliss-reactive ketones (excluding diaryl/α,β-unsaturated/α-hetero) is 6. The van der Waals surface area contributed by atoms with E-state index in [1.54, 1.807) is 75.7 Å². The number of halogens is 3. The van der Waals surface area contributed by atoms with Gasteiger partial charge in [-0.3, -0.25) is 42.5 Å². The SMILES string of the molecule is COC1CC(C[C@H](C)[C@@H]2CC(=O)[C@H](C)/C=C(\C)C(O)[C@@H](OC)C(=O)[C@H](C)C[C@H](C)/C=C/C=C/C=C(\C)[C@@H](OC)C[C@@H]3CC[C@@H](C)[C@@](O)(O3)C(=O)C(=O)N3CCCC[C@H]3C(=O)O2)CCC1O.COC1CC(C[C@H](C)[C@@H]2CC(=O)[C@H](C)/C=C(\C)C(O)[C@@H](OC)C(=O)[C@H](C)C[C@H](C)/C=C/C=C/C=C(\C)[C@@H](OC)C[C@@H]3CC[C@@H](C)[C@@](O)(O3)C(=O)C(=O)N3CCCC[C@H]3C(=O)O2)CCC1OS(=O)(=O)C(F)(F)F. The van der Waals surface area contributed by atoms with Crippen molar-refractivity contribution in [2.75, 3.05) is 55.7 Å². The largest absolute Gasteiger partial charge is 0.523 e. The van der Waals surface area contributed by atoms with Crippen molar-refractivity contribution in [3.05, 3.63) is 95.2 Å². The molecule has 2 aliphatic carbocycles. The lowest BCUT2D eigenvalue weighted by Crippen LogP contribution is -2.61. The molecule has 34 heteroatoms. The van der Waals surface area contributed by atoms with Crippen LogP contribution >= 0.6 is 0 Å². The minimum absolute atomic E-state index is 0.0182. The summed E-state index contributed by atoms with van der Waals surface area (Å²) in [6, 6.07) is -2.42. The highest BCUT2D eigenvalue weighted by molar-refractivity contribution is 7.87. The molecule has 137 heavy (non-hydrogen) atoms. The van der Waals surface area contributed by atoms with Gasteiger partial charge in [-0.2, -0.15) is 21.6 Å². The van der Waals surface area contributed by atoms with Crippen LogP contribution in [-0.2, 0) is 110 Å². The Kier molecular flexibility index (Phi) is 46.0. The maximum Gasteiger partial charge on any atom is 0.523 e. The number of fused-ring (bicyclic) bond motifs is 6. The summed E-state index contributed by atoms with van der Waals surface area (Å²) in [6.45, 7) is 24.8. The van der Waals surface area contributed by atoms with E-state index in [4.69, 9.17) is 47.4 Å². The summed E-state index contributed by atoms with van der Waals surface area (Å²) in [5.74, 6) is -17.6. The highest BCUT2D eigenvalue weighted by Gasteiger charge is 2.57. The average Bonchev–Trinajstić information content (AvgIpc) is 0.778. The Balaban J connectivity index is 0.000000375. The number of aliphatic hydroxyl groups is 5. The molecule has 2 amide bonds. The third-order valence-corrected chi connectivity index (χ3v) is 30.5. The lowest BCUT2D eigenvalue weighted by Gasteiger charge is -2.42. The maximum absolute atomic E-state index is 14.4. The first-order valence-electron chi connectivity index (χ1n) is 49.1. The van der Waals surface area contributed by atoms with Crippen LogP contribution in [0.1, 0.15) is 251 Å². The predicted molar refractivity (Wildman–Crippen MR) is 504 cm³/mol. The number of hydrogen-bond donors (Lipinski definition) is 5. The van der Waals surface area contributed by atoms with Crippen LogP contribution in [0.2, 0.25) is 0 Å². The normalized spacial score (nSPS) is 39.2. The Labute approximate surface area is 808 Å². The second-order valence-electron chi connectivity index (χ2n) is 40.1. The molecule has 6 aliphatic heterocycles. The number of aliphatic hydroxyl groups excluding tert-OH is 3. The van der Waals surface area contributed by atoms with Crippen molar-refractivity contribution in [1.82, 2.24) is 9.80 Å². The van der Waals surface area contributed by atoms with E-state index in [1.807, 2.05) is 102 Å². The number of carbonyl (C=O) groups excluding carboxylic acids is 10. The highest BCUT2D eigenvalue weighted by Crippen LogP contribution is 2.43.